The molecule has 0 saturated carbocycles. The van der Waals surface area contributed by atoms with Gasteiger partial charge in [-0.25, -0.2) is 8.78 Å². The molecule has 0 radical (unpaired) electrons. The maximum atomic E-state index is 14.1. The van der Waals surface area contributed by atoms with Crippen molar-refractivity contribution in [1.82, 2.24) is 5.32 Å². The average Bonchev–Trinajstić information content (AvgIpc) is 2.97. The predicted molar refractivity (Wildman–Crippen MR) is 87.9 cm³/mol. The topological polar surface area (TPSA) is 12.0 Å². The van der Waals surface area contributed by atoms with Gasteiger partial charge in [-0.3, -0.25) is 0 Å². The van der Waals surface area contributed by atoms with E-state index in [1.165, 1.54) is 17.7 Å². The largest absolute Gasteiger partial charge is 0.313 e. The van der Waals surface area contributed by atoms with E-state index in [1.807, 2.05) is 5.38 Å². The van der Waals surface area contributed by atoms with E-state index < -0.39 is 11.6 Å². The highest BCUT2D eigenvalue weighted by Crippen LogP contribution is 2.23. The molecule has 0 spiro atoms. The SMILES string of the molecule is CCCNC(Cc1ccsc1)Cc1c(F)ccc(Br)c1F. The van der Waals surface area contributed by atoms with Crippen LogP contribution in [0.25, 0.3) is 0 Å². The second-order valence-electron chi connectivity index (χ2n) is 5.01. The number of benzene rings is 1. The first-order valence-corrected chi connectivity index (χ1v) is 8.72. The van der Waals surface area contributed by atoms with Crippen molar-refractivity contribution in [2.24, 2.45) is 0 Å². The number of thiophene rings is 1. The van der Waals surface area contributed by atoms with Crippen LogP contribution in [0.4, 0.5) is 8.78 Å². The Bertz CT molecular complexity index is 572. The third kappa shape index (κ3) is 4.59. The molecule has 1 unspecified atom stereocenters. The van der Waals surface area contributed by atoms with Gasteiger partial charge in [-0.05, 0) is 76.3 Å². The molecular weight excluding hydrogens is 356 g/mol. The third-order valence-electron chi connectivity index (χ3n) is 3.33. The number of rotatable bonds is 7. The lowest BCUT2D eigenvalue weighted by Gasteiger charge is -2.19. The van der Waals surface area contributed by atoms with Crippen LogP contribution < -0.4 is 5.32 Å². The Hall–Kier alpha value is -0.780. The fourth-order valence-electron chi connectivity index (χ4n) is 2.26. The minimum absolute atomic E-state index is 0.0258. The Morgan fingerprint density at radius 1 is 1.24 bits per heavy atom. The fraction of sp³-hybridized carbons (Fsp3) is 0.375. The van der Waals surface area contributed by atoms with E-state index in [1.54, 1.807) is 11.3 Å². The molecule has 2 rings (SSSR count). The van der Waals surface area contributed by atoms with E-state index >= 15 is 0 Å². The van der Waals surface area contributed by atoms with Crippen LogP contribution in [0.2, 0.25) is 0 Å². The summed E-state index contributed by atoms with van der Waals surface area (Å²) in [5.41, 5.74) is 1.35. The van der Waals surface area contributed by atoms with Crippen molar-refractivity contribution in [1.29, 1.82) is 0 Å². The molecule has 0 saturated heterocycles. The summed E-state index contributed by atoms with van der Waals surface area (Å²) in [6, 6.07) is 4.79. The summed E-state index contributed by atoms with van der Waals surface area (Å²) in [6.07, 6.45) is 2.10. The van der Waals surface area contributed by atoms with E-state index in [-0.39, 0.29) is 11.6 Å². The molecule has 2 aromatic rings. The van der Waals surface area contributed by atoms with Crippen LogP contribution in [0.1, 0.15) is 24.5 Å². The van der Waals surface area contributed by atoms with Crippen LogP contribution in [0.15, 0.2) is 33.4 Å². The highest BCUT2D eigenvalue weighted by Gasteiger charge is 2.18. The van der Waals surface area contributed by atoms with E-state index in [9.17, 15) is 8.78 Å². The lowest BCUT2D eigenvalue weighted by molar-refractivity contribution is 0.473. The van der Waals surface area contributed by atoms with Gasteiger partial charge in [0.1, 0.15) is 11.6 Å². The number of hydrogen-bond donors (Lipinski definition) is 1. The monoisotopic (exact) mass is 373 g/mol. The van der Waals surface area contributed by atoms with E-state index in [0.29, 0.717) is 10.9 Å². The molecule has 0 amide bonds. The molecule has 0 bridgehead atoms. The standard InChI is InChI=1S/C16H18BrF2NS/c1-2-6-20-12(8-11-5-7-21-10-11)9-13-15(18)4-3-14(17)16(13)19/h3-5,7,10,12,20H,2,6,8-9H2,1H3. The average molecular weight is 374 g/mol. The van der Waals surface area contributed by atoms with Crippen molar-refractivity contribution in [3.8, 4) is 0 Å². The summed E-state index contributed by atoms with van der Waals surface area (Å²) in [5.74, 6) is -0.979. The molecule has 1 aromatic carbocycles. The van der Waals surface area contributed by atoms with Gasteiger partial charge in [-0.2, -0.15) is 11.3 Å². The smallest absolute Gasteiger partial charge is 0.143 e. The second kappa shape index (κ2) is 8.01. The van der Waals surface area contributed by atoms with Crippen molar-refractivity contribution in [2.75, 3.05) is 6.54 Å². The normalized spacial score (nSPS) is 12.6. The lowest BCUT2D eigenvalue weighted by Crippen LogP contribution is -2.34. The van der Waals surface area contributed by atoms with Crippen LogP contribution in [0.5, 0.6) is 0 Å². The van der Waals surface area contributed by atoms with Crippen molar-refractivity contribution >= 4 is 27.3 Å². The zero-order valence-corrected chi connectivity index (χ0v) is 14.2. The Morgan fingerprint density at radius 3 is 2.71 bits per heavy atom. The first-order chi connectivity index (χ1) is 10.1. The summed E-state index contributed by atoms with van der Waals surface area (Å²) in [6.45, 7) is 2.92. The molecule has 1 N–H and O–H groups in total. The van der Waals surface area contributed by atoms with Gasteiger partial charge >= 0.3 is 0 Å². The van der Waals surface area contributed by atoms with E-state index in [4.69, 9.17) is 0 Å². The molecule has 1 atom stereocenters. The van der Waals surface area contributed by atoms with Gasteiger partial charge in [-0.15, -0.1) is 0 Å². The first-order valence-electron chi connectivity index (χ1n) is 6.98. The van der Waals surface area contributed by atoms with Gasteiger partial charge in [0, 0.05) is 11.6 Å². The summed E-state index contributed by atoms with van der Waals surface area (Å²) >= 11 is 4.76. The Kier molecular flexibility index (Phi) is 6.33. The van der Waals surface area contributed by atoms with Crippen LogP contribution in [0.3, 0.4) is 0 Å². The maximum Gasteiger partial charge on any atom is 0.143 e. The third-order valence-corrected chi connectivity index (χ3v) is 4.68. The predicted octanol–water partition coefficient (Wildman–Crippen LogP) is 4.94. The van der Waals surface area contributed by atoms with E-state index in [2.05, 4.69) is 39.6 Å². The number of halogens is 3. The molecule has 1 nitrogen and oxygen atoms in total. The van der Waals surface area contributed by atoms with Crippen molar-refractivity contribution in [3.05, 3.63) is 56.2 Å². The zero-order valence-electron chi connectivity index (χ0n) is 11.8. The lowest BCUT2D eigenvalue weighted by atomic mass is 9.99. The molecule has 0 fully saturated rings. The summed E-state index contributed by atoms with van der Waals surface area (Å²) < 4.78 is 28.3. The molecule has 21 heavy (non-hydrogen) atoms. The van der Waals surface area contributed by atoms with Crippen molar-refractivity contribution in [2.45, 2.75) is 32.2 Å². The summed E-state index contributed by atoms with van der Waals surface area (Å²) in [5, 5.41) is 7.48. The quantitative estimate of drug-likeness (QED) is 0.677. The van der Waals surface area contributed by atoms with Gasteiger partial charge in [0.2, 0.25) is 0 Å². The van der Waals surface area contributed by atoms with Gasteiger partial charge < -0.3 is 5.32 Å². The Morgan fingerprint density at radius 2 is 2.05 bits per heavy atom. The number of hydrogen-bond acceptors (Lipinski definition) is 2. The molecule has 1 aromatic heterocycles. The van der Waals surface area contributed by atoms with Gasteiger partial charge in [0.05, 0.1) is 4.47 Å². The summed E-state index contributed by atoms with van der Waals surface area (Å²) in [7, 11) is 0. The maximum absolute atomic E-state index is 14.1. The van der Waals surface area contributed by atoms with Gasteiger partial charge in [0.15, 0.2) is 0 Å². The Labute approximate surface area is 136 Å². The highest BCUT2D eigenvalue weighted by molar-refractivity contribution is 9.10. The first kappa shape index (κ1) is 16.6. The van der Waals surface area contributed by atoms with Crippen molar-refractivity contribution in [3.63, 3.8) is 0 Å². The van der Waals surface area contributed by atoms with Crippen LogP contribution >= 0.6 is 27.3 Å². The molecule has 0 aliphatic rings. The van der Waals surface area contributed by atoms with Crippen LogP contribution in [-0.2, 0) is 12.8 Å². The summed E-state index contributed by atoms with van der Waals surface area (Å²) in [4.78, 5) is 0. The fourth-order valence-corrected chi connectivity index (χ4v) is 3.31. The molecular formula is C16H18BrF2NS. The second-order valence-corrected chi connectivity index (χ2v) is 6.65. The molecule has 1 heterocycles. The Balaban J connectivity index is 2.16. The molecule has 0 aliphatic carbocycles. The van der Waals surface area contributed by atoms with Gasteiger partial charge in [-0.1, -0.05) is 6.92 Å². The van der Waals surface area contributed by atoms with E-state index in [0.717, 1.165) is 19.4 Å². The van der Waals surface area contributed by atoms with Crippen LogP contribution in [0, 0.1) is 11.6 Å². The molecule has 0 aliphatic heterocycles. The molecule has 5 heteroatoms. The molecule has 114 valence electrons. The van der Waals surface area contributed by atoms with Crippen LogP contribution in [-0.4, -0.2) is 12.6 Å². The minimum Gasteiger partial charge on any atom is -0.313 e. The van der Waals surface area contributed by atoms with Gasteiger partial charge in [0.25, 0.3) is 0 Å². The minimum atomic E-state index is -0.497. The zero-order chi connectivity index (χ0) is 15.2. The van der Waals surface area contributed by atoms with Crippen molar-refractivity contribution < 1.29 is 8.78 Å². The highest BCUT2D eigenvalue weighted by atomic mass is 79.9. The number of nitrogens with one attached hydrogen (secondary N) is 1.